The van der Waals surface area contributed by atoms with Crippen molar-refractivity contribution in [1.82, 2.24) is 10.3 Å². The Balaban J connectivity index is 1.51. The van der Waals surface area contributed by atoms with Gasteiger partial charge in [0, 0.05) is 33.8 Å². The van der Waals surface area contributed by atoms with Crippen LogP contribution in [0.3, 0.4) is 0 Å². The molecule has 166 valence electrons. The first kappa shape index (κ1) is 22.6. The van der Waals surface area contributed by atoms with Crippen molar-refractivity contribution in [3.63, 3.8) is 0 Å². The molecule has 0 saturated heterocycles. The molecule has 6 nitrogen and oxygen atoms in total. The van der Waals surface area contributed by atoms with Gasteiger partial charge in [-0.15, -0.1) is 0 Å². The number of carbonyl (C=O) groups excluding carboxylic acids is 3. The molecule has 0 radical (unpaired) electrons. The van der Waals surface area contributed by atoms with Gasteiger partial charge < -0.3 is 15.0 Å². The lowest BCUT2D eigenvalue weighted by atomic mass is 9.99. The first-order valence-corrected chi connectivity index (χ1v) is 10.8. The van der Waals surface area contributed by atoms with E-state index in [4.69, 9.17) is 27.9 Å². The maximum atomic E-state index is 13.4. The lowest BCUT2D eigenvalue weighted by molar-refractivity contribution is -0.146. The highest BCUT2D eigenvalue weighted by atomic mass is 35.5. The lowest BCUT2D eigenvalue weighted by Gasteiger charge is -2.17. The number of amides is 1. The maximum absolute atomic E-state index is 13.4. The Morgan fingerprint density at radius 2 is 1.64 bits per heavy atom. The molecule has 8 heteroatoms. The zero-order valence-electron chi connectivity index (χ0n) is 17.2. The van der Waals surface area contributed by atoms with Crippen LogP contribution < -0.4 is 5.32 Å². The third-order valence-corrected chi connectivity index (χ3v) is 5.76. The molecule has 4 aromatic rings. The Kier molecular flexibility index (Phi) is 6.77. The average Bonchev–Trinajstić information content (AvgIpc) is 3.27. The number of hydrogen-bond acceptors (Lipinski definition) is 4. The van der Waals surface area contributed by atoms with Crippen molar-refractivity contribution < 1.29 is 19.1 Å². The third-order valence-electron chi connectivity index (χ3n) is 5.02. The summed E-state index contributed by atoms with van der Waals surface area (Å²) < 4.78 is 5.54. The van der Waals surface area contributed by atoms with E-state index in [1.807, 2.05) is 24.3 Å². The number of rotatable bonds is 7. The molecule has 0 fully saturated rings. The molecule has 0 aliphatic rings. The highest BCUT2D eigenvalue weighted by molar-refractivity contribution is 6.42. The number of Topliss-reactive ketones (excluding diaryl/α,β-unsaturated/α-hetero) is 1. The monoisotopic (exact) mass is 480 g/mol. The number of esters is 1. The van der Waals surface area contributed by atoms with Crippen molar-refractivity contribution in [2.24, 2.45) is 0 Å². The predicted molar refractivity (Wildman–Crippen MR) is 127 cm³/mol. The van der Waals surface area contributed by atoms with Crippen molar-refractivity contribution >= 4 is 51.8 Å². The van der Waals surface area contributed by atoms with E-state index >= 15 is 0 Å². The van der Waals surface area contributed by atoms with Gasteiger partial charge in [0.1, 0.15) is 6.54 Å². The number of hydrogen-bond donors (Lipinski definition) is 2. The second-order valence-corrected chi connectivity index (χ2v) is 8.02. The minimum atomic E-state index is -1.17. The van der Waals surface area contributed by atoms with Gasteiger partial charge in [0.2, 0.25) is 5.78 Å². The Morgan fingerprint density at radius 3 is 2.39 bits per heavy atom. The summed E-state index contributed by atoms with van der Waals surface area (Å²) in [6, 6.07) is 20.5. The molecule has 1 aromatic heterocycles. The number of H-pyrrole nitrogens is 1. The zero-order valence-corrected chi connectivity index (χ0v) is 18.7. The topological polar surface area (TPSA) is 88.3 Å². The van der Waals surface area contributed by atoms with E-state index in [-0.39, 0.29) is 16.4 Å². The van der Waals surface area contributed by atoms with Gasteiger partial charge in [-0.1, -0.05) is 71.7 Å². The van der Waals surface area contributed by atoms with E-state index in [9.17, 15) is 14.4 Å². The van der Waals surface area contributed by atoms with E-state index in [1.165, 1.54) is 18.2 Å². The number of ether oxygens (including phenoxy) is 1. The molecule has 1 atom stereocenters. The molecule has 1 amide bonds. The fraction of sp³-hybridized carbons (Fsp3) is 0.0800. The Bertz CT molecular complexity index is 1330. The van der Waals surface area contributed by atoms with Gasteiger partial charge in [-0.3, -0.25) is 14.4 Å². The van der Waals surface area contributed by atoms with Gasteiger partial charge in [-0.25, -0.2) is 0 Å². The number of benzene rings is 3. The summed E-state index contributed by atoms with van der Waals surface area (Å²) in [6.07, 6.45) is 0.433. The van der Waals surface area contributed by atoms with E-state index in [1.54, 1.807) is 36.5 Å². The number of fused-ring (bicyclic) bond motifs is 1. The molecular weight excluding hydrogens is 463 g/mol. The number of aromatic nitrogens is 1. The smallest absolute Gasteiger partial charge is 0.326 e. The first-order chi connectivity index (χ1) is 15.9. The van der Waals surface area contributed by atoms with Crippen LogP contribution in [0.25, 0.3) is 10.9 Å². The third kappa shape index (κ3) is 5.08. The van der Waals surface area contributed by atoms with Crippen LogP contribution >= 0.6 is 23.2 Å². The van der Waals surface area contributed by atoms with Gasteiger partial charge >= 0.3 is 5.97 Å². The summed E-state index contributed by atoms with van der Waals surface area (Å²) in [5.41, 5.74) is 1.98. The van der Waals surface area contributed by atoms with Gasteiger partial charge in [0.25, 0.3) is 5.91 Å². The minimum absolute atomic E-state index is 0.223. The number of halogens is 2. The fourth-order valence-corrected chi connectivity index (χ4v) is 3.68. The van der Waals surface area contributed by atoms with Crippen molar-refractivity contribution in [2.75, 3.05) is 6.54 Å². The standard InChI is InChI=1S/C25H18Cl2N2O4/c26-19-11-10-16(12-20(19)27)25(32)29-14-22(30)33-24(15-6-2-1-3-7-15)23(31)18-13-28-21-9-5-4-8-17(18)21/h1-13,24,28H,14H2,(H,29,32)/t24-/m1/s1. The molecule has 2 N–H and O–H groups in total. The number of carbonyl (C=O) groups is 3. The molecular formula is C25H18Cl2N2O4. The number of nitrogens with one attached hydrogen (secondary N) is 2. The number of para-hydroxylation sites is 1. The SMILES string of the molecule is O=C(CNC(=O)c1ccc(Cl)c(Cl)c1)O[C@@H](C(=O)c1c[nH]c2ccccc12)c1ccccc1. The Hall–Kier alpha value is -3.61. The summed E-state index contributed by atoms with van der Waals surface area (Å²) >= 11 is 11.8. The summed E-state index contributed by atoms with van der Waals surface area (Å²) in [5.74, 6) is -1.65. The number of ketones is 1. The van der Waals surface area contributed by atoms with Crippen LogP contribution in [0.4, 0.5) is 0 Å². The van der Waals surface area contributed by atoms with E-state index in [0.29, 0.717) is 16.1 Å². The van der Waals surface area contributed by atoms with Crippen LogP contribution in [-0.4, -0.2) is 29.2 Å². The molecule has 0 spiro atoms. The first-order valence-electron chi connectivity index (χ1n) is 10.0. The second-order valence-electron chi connectivity index (χ2n) is 7.20. The second kappa shape index (κ2) is 9.90. The molecule has 3 aromatic carbocycles. The largest absolute Gasteiger partial charge is 0.448 e. The Labute approximate surface area is 199 Å². The van der Waals surface area contributed by atoms with Crippen LogP contribution in [0.2, 0.25) is 10.0 Å². The van der Waals surface area contributed by atoms with Crippen molar-refractivity contribution in [3.05, 3.63) is 106 Å². The molecule has 0 bridgehead atoms. The predicted octanol–water partition coefficient (Wildman–Crippen LogP) is 5.37. The normalized spacial score (nSPS) is 11.7. The Morgan fingerprint density at radius 1 is 0.909 bits per heavy atom. The quantitative estimate of drug-likeness (QED) is 0.274. The lowest BCUT2D eigenvalue weighted by Crippen LogP contribution is -2.32. The summed E-state index contributed by atoms with van der Waals surface area (Å²) in [6.45, 7) is -0.427. The highest BCUT2D eigenvalue weighted by Gasteiger charge is 2.28. The van der Waals surface area contributed by atoms with Crippen molar-refractivity contribution in [3.8, 4) is 0 Å². The fourth-order valence-electron chi connectivity index (χ4n) is 3.38. The average molecular weight is 481 g/mol. The van der Waals surface area contributed by atoms with Crippen LogP contribution in [-0.2, 0) is 9.53 Å². The molecule has 0 saturated carbocycles. The summed E-state index contributed by atoms with van der Waals surface area (Å²) in [4.78, 5) is 41.4. The zero-order chi connectivity index (χ0) is 23.4. The minimum Gasteiger partial charge on any atom is -0.448 e. The van der Waals surface area contributed by atoms with Crippen LogP contribution in [0, 0.1) is 0 Å². The molecule has 33 heavy (non-hydrogen) atoms. The van der Waals surface area contributed by atoms with E-state index in [2.05, 4.69) is 10.3 Å². The van der Waals surface area contributed by atoms with Gasteiger partial charge in [0.05, 0.1) is 10.0 Å². The van der Waals surface area contributed by atoms with Crippen LogP contribution in [0.5, 0.6) is 0 Å². The molecule has 0 aliphatic heterocycles. The van der Waals surface area contributed by atoms with Crippen LogP contribution in [0.1, 0.15) is 32.4 Å². The summed E-state index contributed by atoms with van der Waals surface area (Å²) in [7, 11) is 0. The number of aromatic amines is 1. The van der Waals surface area contributed by atoms with E-state index < -0.39 is 24.5 Å². The maximum Gasteiger partial charge on any atom is 0.326 e. The molecule has 4 rings (SSSR count). The molecule has 1 heterocycles. The van der Waals surface area contributed by atoms with Gasteiger partial charge in [-0.2, -0.15) is 0 Å². The molecule has 0 aliphatic carbocycles. The molecule has 0 unspecified atom stereocenters. The van der Waals surface area contributed by atoms with Gasteiger partial charge in [-0.05, 0) is 24.3 Å². The summed E-state index contributed by atoms with van der Waals surface area (Å²) in [5, 5.41) is 3.74. The van der Waals surface area contributed by atoms with Crippen molar-refractivity contribution in [1.29, 1.82) is 0 Å². The van der Waals surface area contributed by atoms with E-state index in [0.717, 1.165) is 10.9 Å². The highest BCUT2D eigenvalue weighted by Crippen LogP contribution is 2.27. The van der Waals surface area contributed by atoms with Crippen LogP contribution in [0.15, 0.2) is 79.0 Å². The van der Waals surface area contributed by atoms with Crippen molar-refractivity contribution in [2.45, 2.75) is 6.10 Å². The van der Waals surface area contributed by atoms with Gasteiger partial charge in [0.15, 0.2) is 6.10 Å².